The van der Waals surface area contributed by atoms with Crippen molar-refractivity contribution in [1.29, 1.82) is 0 Å². The lowest BCUT2D eigenvalue weighted by atomic mass is 10.1. The van der Waals surface area contributed by atoms with Gasteiger partial charge in [-0.1, -0.05) is 30.3 Å². The third kappa shape index (κ3) is 4.22. The summed E-state index contributed by atoms with van der Waals surface area (Å²) in [6.07, 6.45) is 5.09. The molecule has 140 valence electrons. The normalized spacial score (nSPS) is 11.3. The first-order chi connectivity index (χ1) is 12.9. The molecule has 8 heteroatoms. The molecule has 0 spiro atoms. The highest BCUT2D eigenvalue weighted by Gasteiger charge is 2.30. The number of oxazole rings is 1. The molecule has 0 aliphatic carbocycles. The van der Waals surface area contributed by atoms with E-state index in [-0.39, 0.29) is 12.3 Å². The van der Waals surface area contributed by atoms with Crippen LogP contribution in [0.5, 0.6) is 0 Å². The van der Waals surface area contributed by atoms with Crippen molar-refractivity contribution < 1.29 is 19.1 Å². The van der Waals surface area contributed by atoms with Crippen LogP contribution in [-0.2, 0) is 21.5 Å². The largest absolute Gasteiger partial charge is 0.479 e. The molecule has 0 aliphatic heterocycles. The van der Waals surface area contributed by atoms with Crippen LogP contribution in [0.2, 0.25) is 0 Å². The Bertz CT molecular complexity index is 944. The van der Waals surface area contributed by atoms with Gasteiger partial charge in [0.2, 0.25) is 5.91 Å². The predicted octanol–water partition coefficient (Wildman–Crippen LogP) is 2.93. The van der Waals surface area contributed by atoms with E-state index in [0.29, 0.717) is 23.8 Å². The summed E-state index contributed by atoms with van der Waals surface area (Å²) in [5, 5.41) is 15.9. The van der Waals surface area contributed by atoms with Gasteiger partial charge >= 0.3 is 5.97 Å². The second-order valence-electron chi connectivity index (χ2n) is 6.57. The van der Waals surface area contributed by atoms with Gasteiger partial charge in [-0.3, -0.25) is 9.48 Å². The van der Waals surface area contributed by atoms with E-state index < -0.39 is 11.5 Å². The number of aryl methyl sites for hydroxylation is 1. The first-order valence-corrected chi connectivity index (χ1v) is 8.45. The lowest BCUT2D eigenvalue weighted by Crippen LogP contribution is -2.35. The Morgan fingerprint density at radius 3 is 2.67 bits per heavy atom. The first kappa shape index (κ1) is 18.4. The molecular formula is C19H20N4O4. The molecule has 2 N–H and O–H groups in total. The second kappa shape index (κ2) is 7.45. The van der Waals surface area contributed by atoms with Crippen LogP contribution in [0.3, 0.4) is 0 Å². The minimum atomic E-state index is -1.20. The lowest BCUT2D eigenvalue weighted by Gasteiger charge is -2.19. The number of benzene rings is 1. The molecule has 0 fully saturated rings. The summed E-state index contributed by atoms with van der Waals surface area (Å²) in [6, 6.07) is 9.60. The quantitative estimate of drug-likeness (QED) is 0.663. The molecule has 0 bridgehead atoms. The van der Waals surface area contributed by atoms with Crippen LogP contribution in [0.25, 0.3) is 11.3 Å². The number of nitrogens with zero attached hydrogens (tertiary/aromatic N) is 3. The zero-order chi connectivity index (χ0) is 19.4. The fourth-order valence-electron chi connectivity index (χ4n) is 2.40. The third-order valence-corrected chi connectivity index (χ3v) is 4.14. The summed E-state index contributed by atoms with van der Waals surface area (Å²) in [5.74, 6) is -0.112. The number of nitrogens with one attached hydrogen (secondary N) is 1. The summed E-state index contributed by atoms with van der Waals surface area (Å²) in [5.41, 5.74) is 0.162. The summed E-state index contributed by atoms with van der Waals surface area (Å²) >= 11 is 0. The molecule has 0 unspecified atom stereocenters. The molecule has 8 nitrogen and oxygen atoms in total. The minimum absolute atomic E-state index is 0.183. The van der Waals surface area contributed by atoms with Gasteiger partial charge in [-0.2, -0.15) is 5.10 Å². The summed E-state index contributed by atoms with van der Waals surface area (Å²) in [7, 11) is 0. The Morgan fingerprint density at radius 1 is 1.22 bits per heavy atom. The molecule has 0 radical (unpaired) electrons. The number of hydrogen-bond donors (Lipinski definition) is 2. The van der Waals surface area contributed by atoms with Gasteiger partial charge < -0.3 is 14.8 Å². The van der Waals surface area contributed by atoms with Crippen molar-refractivity contribution in [2.45, 2.75) is 32.2 Å². The number of carbonyl (C=O) groups excluding carboxylic acids is 1. The molecule has 27 heavy (non-hydrogen) atoms. The molecule has 0 saturated carbocycles. The zero-order valence-corrected chi connectivity index (χ0v) is 15.0. The van der Waals surface area contributed by atoms with E-state index in [9.17, 15) is 14.7 Å². The molecule has 1 amide bonds. The average molecular weight is 368 g/mol. The molecule has 0 aliphatic rings. The highest BCUT2D eigenvalue weighted by Crippen LogP contribution is 2.21. The van der Waals surface area contributed by atoms with Crippen LogP contribution in [0.1, 0.15) is 26.2 Å². The zero-order valence-electron chi connectivity index (χ0n) is 15.0. The van der Waals surface area contributed by atoms with Crippen molar-refractivity contribution in [3.8, 4) is 11.3 Å². The topological polar surface area (TPSA) is 110 Å². The summed E-state index contributed by atoms with van der Waals surface area (Å²) < 4.78 is 6.97. The van der Waals surface area contributed by atoms with Gasteiger partial charge in [0.1, 0.15) is 0 Å². The van der Waals surface area contributed by atoms with E-state index in [1.807, 2.05) is 30.3 Å². The molecule has 3 aromatic rings. The van der Waals surface area contributed by atoms with Gasteiger partial charge in [0, 0.05) is 24.6 Å². The molecule has 2 aromatic heterocycles. The van der Waals surface area contributed by atoms with E-state index in [4.69, 9.17) is 4.42 Å². The number of anilines is 1. The Labute approximate surface area is 155 Å². The molecule has 0 atom stereocenters. The van der Waals surface area contributed by atoms with Crippen molar-refractivity contribution in [2.75, 3.05) is 5.32 Å². The van der Waals surface area contributed by atoms with Crippen LogP contribution in [0.15, 0.2) is 53.3 Å². The number of carboxylic acids is 1. The van der Waals surface area contributed by atoms with E-state index in [2.05, 4.69) is 15.4 Å². The summed E-state index contributed by atoms with van der Waals surface area (Å²) in [4.78, 5) is 27.6. The molecule has 3 rings (SSSR count). The third-order valence-electron chi connectivity index (χ3n) is 4.14. The molecular weight excluding hydrogens is 348 g/mol. The average Bonchev–Trinajstić information content (AvgIpc) is 3.30. The Balaban J connectivity index is 1.56. The number of rotatable bonds is 7. The van der Waals surface area contributed by atoms with Gasteiger partial charge in [-0.05, 0) is 13.8 Å². The molecule has 0 saturated heterocycles. The van der Waals surface area contributed by atoms with Crippen molar-refractivity contribution >= 4 is 17.6 Å². The maximum atomic E-state index is 12.1. The van der Waals surface area contributed by atoms with Crippen molar-refractivity contribution in [3.63, 3.8) is 0 Å². The van der Waals surface area contributed by atoms with E-state index in [0.717, 1.165) is 5.56 Å². The maximum absolute atomic E-state index is 12.1. The van der Waals surface area contributed by atoms with Crippen LogP contribution in [0.4, 0.5) is 5.69 Å². The number of carboxylic acid groups (broad SMARTS) is 1. The van der Waals surface area contributed by atoms with Crippen molar-refractivity contribution in [1.82, 2.24) is 14.8 Å². The fraction of sp³-hybridized carbons (Fsp3) is 0.263. The van der Waals surface area contributed by atoms with Crippen LogP contribution in [0, 0.1) is 0 Å². The standard InChI is InChI=1S/C19H20N4O4/c1-19(2,18(25)26)23-12-14(10-21-23)22-16(24)8-9-17-20-11-15(27-17)13-6-4-3-5-7-13/h3-7,10-12H,8-9H2,1-2H3,(H,22,24)(H,25,26). The Hall–Kier alpha value is -3.42. The van der Waals surface area contributed by atoms with Gasteiger partial charge in [-0.15, -0.1) is 0 Å². The van der Waals surface area contributed by atoms with Gasteiger partial charge in [-0.25, -0.2) is 9.78 Å². The highest BCUT2D eigenvalue weighted by molar-refractivity contribution is 5.90. The van der Waals surface area contributed by atoms with Crippen molar-refractivity contribution in [2.24, 2.45) is 0 Å². The van der Waals surface area contributed by atoms with E-state index in [1.54, 1.807) is 6.20 Å². The fourth-order valence-corrected chi connectivity index (χ4v) is 2.40. The number of aromatic nitrogens is 3. The van der Waals surface area contributed by atoms with Crippen molar-refractivity contribution in [3.05, 3.63) is 54.8 Å². The summed E-state index contributed by atoms with van der Waals surface area (Å²) in [6.45, 7) is 3.06. The van der Waals surface area contributed by atoms with E-state index in [1.165, 1.54) is 30.9 Å². The number of aliphatic carboxylic acids is 1. The number of hydrogen-bond acceptors (Lipinski definition) is 5. The van der Waals surface area contributed by atoms with Gasteiger partial charge in [0.05, 0.1) is 18.1 Å². The highest BCUT2D eigenvalue weighted by atomic mass is 16.4. The molecule has 1 aromatic carbocycles. The predicted molar refractivity (Wildman–Crippen MR) is 98.1 cm³/mol. The Morgan fingerprint density at radius 2 is 1.96 bits per heavy atom. The monoisotopic (exact) mass is 368 g/mol. The smallest absolute Gasteiger partial charge is 0.331 e. The van der Waals surface area contributed by atoms with Gasteiger partial charge in [0.25, 0.3) is 0 Å². The lowest BCUT2D eigenvalue weighted by molar-refractivity contribution is -0.146. The second-order valence-corrected chi connectivity index (χ2v) is 6.57. The SMILES string of the molecule is CC(C)(C(=O)O)n1cc(NC(=O)CCc2ncc(-c3ccccc3)o2)cn1. The van der Waals surface area contributed by atoms with Crippen LogP contribution >= 0.6 is 0 Å². The maximum Gasteiger partial charge on any atom is 0.331 e. The van der Waals surface area contributed by atoms with Crippen LogP contribution < -0.4 is 5.32 Å². The van der Waals surface area contributed by atoms with E-state index >= 15 is 0 Å². The first-order valence-electron chi connectivity index (χ1n) is 8.45. The van der Waals surface area contributed by atoms with Gasteiger partial charge in [0.15, 0.2) is 17.2 Å². The van der Waals surface area contributed by atoms with Crippen LogP contribution in [-0.4, -0.2) is 31.7 Å². The number of amides is 1. The molecule has 2 heterocycles. The Kier molecular flexibility index (Phi) is 5.07. The minimum Gasteiger partial charge on any atom is -0.479 e. The number of carbonyl (C=O) groups is 2.